The van der Waals surface area contributed by atoms with E-state index in [0.29, 0.717) is 16.7 Å². The summed E-state index contributed by atoms with van der Waals surface area (Å²) in [6.45, 7) is 0. The normalized spacial score (nSPS) is 12.1. The molecule has 19 rings (SSSR count). The summed E-state index contributed by atoms with van der Waals surface area (Å²) in [5, 5.41) is 35.4. The summed E-state index contributed by atoms with van der Waals surface area (Å²) in [4.78, 5) is 0. The lowest BCUT2D eigenvalue weighted by molar-refractivity contribution is 0.673. The van der Waals surface area contributed by atoms with Crippen LogP contribution in [0.2, 0.25) is 0 Å². The molecule has 0 saturated heterocycles. The zero-order chi connectivity index (χ0) is 57.9. The summed E-state index contributed by atoms with van der Waals surface area (Å²) in [5.41, 5.74) is 18.0. The Balaban J connectivity index is 1.22. The first kappa shape index (κ1) is 48.1. The number of rotatable bonds is 6. The molecule has 6 heterocycles. The molecule has 0 atom stereocenters. The number of nitrogens with zero attached hydrogens (tertiary/aromatic N) is 7. The number of para-hydroxylation sites is 10. The maximum Gasteiger partial charge on any atom is 0.145 e. The van der Waals surface area contributed by atoms with Crippen LogP contribution in [-0.4, -0.2) is 22.8 Å². The molecular weight excluding hydrogens is 1070 g/mol. The Morgan fingerprint density at radius 3 is 0.898 bits per heavy atom. The fourth-order valence-electron chi connectivity index (χ4n) is 15.1. The van der Waals surface area contributed by atoms with Gasteiger partial charge in [0, 0.05) is 64.8 Å². The molecule has 13 aromatic carbocycles. The lowest BCUT2D eigenvalue weighted by atomic mass is 9.92. The van der Waals surface area contributed by atoms with Crippen LogP contribution >= 0.6 is 0 Å². The number of benzene rings is 13. The minimum Gasteiger partial charge on any atom is -0.455 e. The fraction of sp³-hybridized carbons (Fsp3) is 0. The third-order valence-corrected chi connectivity index (χ3v) is 18.5. The van der Waals surface area contributed by atoms with E-state index >= 15 is 0 Å². The van der Waals surface area contributed by atoms with Gasteiger partial charge in [0.25, 0.3) is 0 Å². The highest BCUT2D eigenvalue weighted by Gasteiger charge is 2.37. The van der Waals surface area contributed by atoms with Gasteiger partial charge in [-0.1, -0.05) is 182 Å². The molecule has 0 spiro atoms. The number of nitriles is 2. The second-order valence-electron chi connectivity index (χ2n) is 22.9. The lowest BCUT2D eigenvalue weighted by Crippen LogP contribution is -2.18. The van der Waals surface area contributed by atoms with Gasteiger partial charge < -0.3 is 27.3 Å². The molecule has 0 saturated carbocycles. The Bertz CT molecular complexity index is 5860. The maximum absolute atomic E-state index is 11.3. The lowest BCUT2D eigenvalue weighted by Gasteiger charge is -2.32. The molecule has 0 amide bonds. The molecule has 0 bridgehead atoms. The Hall–Kier alpha value is -12.4. The van der Waals surface area contributed by atoms with Crippen molar-refractivity contribution in [1.29, 1.82) is 10.5 Å². The molecule has 88 heavy (non-hydrogen) atoms. The molecule has 0 radical (unpaired) electrons. The molecular formula is C80H45N7O. The summed E-state index contributed by atoms with van der Waals surface area (Å²) in [6, 6.07) is 102. The topological polar surface area (TPSA) is 85.4 Å². The summed E-state index contributed by atoms with van der Waals surface area (Å²) in [7, 11) is 0. The van der Waals surface area contributed by atoms with Crippen LogP contribution in [0, 0.1) is 22.7 Å². The molecule has 6 aromatic heterocycles. The Morgan fingerprint density at radius 2 is 0.534 bits per heavy atom. The second-order valence-corrected chi connectivity index (χ2v) is 22.9. The van der Waals surface area contributed by atoms with E-state index in [4.69, 9.17) is 4.42 Å². The van der Waals surface area contributed by atoms with Crippen LogP contribution in [0.15, 0.2) is 277 Å². The Kier molecular flexibility index (Phi) is 9.87. The number of furan rings is 1. The van der Waals surface area contributed by atoms with Crippen LogP contribution in [0.1, 0.15) is 11.1 Å². The Labute approximate surface area is 501 Å². The fourth-order valence-corrected chi connectivity index (χ4v) is 15.1. The van der Waals surface area contributed by atoms with E-state index in [1.54, 1.807) is 6.07 Å². The van der Waals surface area contributed by atoms with Gasteiger partial charge in [-0.15, -0.1) is 0 Å². The highest BCUT2D eigenvalue weighted by molar-refractivity contribution is 6.25. The van der Waals surface area contributed by atoms with Crippen LogP contribution in [0.4, 0.5) is 0 Å². The molecule has 19 aromatic rings. The van der Waals surface area contributed by atoms with Crippen molar-refractivity contribution in [1.82, 2.24) is 22.8 Å². The zero-order valence-electron chi connectivity index (χ0n) is 47.0. The van der Waals surface area contributed by atoms with Gasteiger partial charge in [0.15, 0.2) is 0 Å². The van der Waals surface area contributed by atoms with Crippen molar-refractivity contribution in [2.75, 3.05) is 0 Å². The van der Waals surface area contributed by atoms with Crippen LogP contribution in [0.5, 0.6) is 0 Å². The van der Waals surface area contributed by atoms with Crippen molar-refractivity contribution in [2.45, 2.75) is 0 Å². The van der Waals surface area contributed by atoms with Crippen LogP contribution < -0.4 is 0 Å². The first-order valence-corrected chi connectivity index (χ1v) is 29.6. The largest absolute Gasteiger partial charge is 0.455 e. The van der Waals surface area contributed by atoms with Gasteiger partial charge >= 0.3 is 0 Å². The van der Waals surface area contributed by atoms with Crippen molar-refractivity contribution in [3.05, 3.63) is 284 Å². The van der Waals surface area contributed by atoms with Gasteiger partial charge in [-0.05, 0) is 96.6 Å². The molecule has 0 fully saturated rings. The van der Waals surface area contributed by atoms with Crippen molar-refractivity contribution in [2.24, 2.45) is 0 Å². The molecule has 8 nitrogen and oxygen atoms in total. The second kappa shape index (κ2) is 18.1. The van der Waals surface area contributed by atoms with Crippen molar-refractivity contribution >= 4 is 131 Å². The minimum atomic E-state index is 0.369. The number of hydrogen-bond acceptors (Lipinski definition) is 3. The molecule has 0 aliphatic heterocycles. The molecule has 0 unspecified atom stereocenters. The predicted molar refractivity (Wildman–Crippen MR) is 360 cm³/mol. The van der Waals surface area contributed by atoms with E-state index in [9.17, 15) is 10.5 Å². The summed E-state index contributed by atoms with van der Waals surface area (Å²) >= 11 is 0. The van der Waals surface area contributed by atoms with E-state index in [1.807, 2.05) is 18.2 Å². The molecule has 0 N–H and O–H groups in total. The monoisotopic (exact) mass is 1120 g/mol. The third kappa shape index (κ3) is 6.39. The molecule has 8 heteroatoms. The smallest absolute Gasteiger partial charge is 0.145 e. The van der Waals surface area contributed by atoms with E-state index in [1.165, 1.54) is 0 Å². The highest BCUT2D eigenvalue weighted by Crippen LogP contribution is 2.55. The Morgan fingerprint density at radius 1 is 0.250 bits per heavy atom. The van der Waals surface area contributed by atoms with Crippen molar-refractivity contribution in [3.8, 4) is 51.7 Å². The van der Waals surface area contributed by atoms with Gasteiger partial charge in [-0.3, -0.25) is 0 Å². The van der Waals surface area contributed by atoms with Crippen molar-refractivity contribution in [3.63, 3.8) is 0 Å². The van der Waals surface area contributed by atoms with Crippen LogP contribution in [0.3, 0.4) is 0 Å². The molecule has 0 aliphatic carbocycles. The van der Waals surface area contributed by atoms with Gasteiger partial charge in [-0.25, -0.2) is 0 Å². The first-order valence-electron chi connectivity index (χ1n) is 29.6. The molecule has 0 aliphatic rings. The summed E-state index contributed by atoms with van der Waals surface area (Å²) in [5.74, 6) is 0. The van der Waals surface area contributed by atoms with Crippen LogP contribution in [-0.2, 0) is 0 Å². The average molecular weight is 1120 g/mol. The number of aromatic nitrogens is 5. The SMILES string of the molecule is N#Cc1cc(C#N)cc(-c2c(-n3c4ccccc4c4ccccc43)c(-n3c4ccccc4c4ccccc43)c(-n3c4ccccc4c4c5oc6ccccc6c5ccc43)c(-n3c4ccccc4c4ccccc43)c2-n2c3ccccc3c3ccccc32)c1. The van der Waals surface area contributed by atoms with E-state index in [0.717, 1.165) is 165 Å². The minimum absolute atomic E-state index is 0.369. The average Bonchev–Trinajstić information content (AvgIpc) is 4.13. The zero-order valence-corrected chi connectivity index (χ0v) is 47.0. The predicted octanol–water partition coefficient (Wildman–Crippen LogP) is 20.5. The maximum atomic E-state index is 11.3. The number of hydrogen-bond donors (Lipinski definition) is 0. The van der Waals surface area contributed by atoms with Gasteiger partial charge in [0.2, 0.25) is 0 Å². The summed E-state index contributed by atoms with van der Waals surface area (Å²) < 4.78 is 19.7. The van der Waals surface area contributed by atoms with Gasteiger partial charge in [0.05, 0.1) is 112 Å². The molecule has 406 valence electrons. The van der Waals surface area contributed by atoms with E-state index in [-0.39, 0.29) is 0 Å². The standard InChI is InChI=1S/C80H45N7O/c81-46-48-43-49(47-82)45-50(44-48)73-75(83-62-31-11-1-21-51(62)52-22-2-12-32-63(52)83)77(85-66-35-15-5-25-55(66)56-26-6-16-36-67(56)85)79(87-70-39-19-9-30-61(70)74-71(87)42-41-60-59-29-10-20-40-72(59)88-80(60)74)78(86-68-37-17-7-27-57(68)58-28-8-18-38-69(58)86)76(73)84-64-33-13-3-23-53(64)54-24-4-14-34-65(54)84/h1-45H. The first-order chi connectivity index (χ1) is 43.6. The van der Waals surface area contributed by atoms with Crippen LogP contribution in [0.25, 0.3) is 171 Å². The quantitative estimate of drug-likeness (QED) is 0.166. The van der Waals surface area contributed by atoms with Crippen molar-refractivity contribution < 1.29 is 4.42 Å². The van der Waals surface area contributed by atoms with E-state index in [2.05, 4.69) is 284 Å². The summed E-state index contributed by atoms with van der Waals surface area (Å²) in [6.07, 6.45) is 0. The van der Waals surface area contributed by atoms with E-state index < -0.39 is 0 Å². The van der Waals surface area contributed by atoms with Gasteiger partial charge in [-0.2, -0.15) is 10.5 Å². The van der Waals surface area contributed by atoms with Gasteiger partial charge in [0.1, 0.15) is 11.2 Å². The highest BCUT2D eigenvalue weighted by atomic mass is 16.3. The number of fused-ring (bicyclic) bond motifs is 19. The third-order valence-electron chi connectivity index (χ3n) is 18.5.